The summed E-state index contributed by atoms with van der Waals surface area (Å²) < 4.78 is 5.22. The van der Waals surface area contributed by atoms with E-state index >= 15 is 0 Å². The van der Waals surface area contributed by atoms with E-state index in [2.05, 4.69) is 185 Å². The van der Waals surface area contributed by atoms with Crippen molar-refractivity contribution in [2.45, 2.75) is 0 Å². The summed E-state index contributed by atoms with van der Waals surface area (Å²) in [6.45, 7) is 0.0695. The molecule has 10 aromatic rings. The highest BCUT2D eigenvalue weighted by Crippen LogP contribution is 2.47. The van der Waals surface area contributed by atoms with Crippen LogP contribution < -0.4 is 21.3 Å². The van der Waals surface area contributed by atoms with Gasteiger partial charge in [-0.15, -0.1) is 11.3 Å². The molecule has 4 heterocycles. The molecule has 0 saturated heterocycles. The van der Waals surface area contributed by atoms with Crippen LogP contribution in [0.1, 0.15) is 0 Å². The highest BCUT2D eigenvalue weighted by Gasteiger charge is 2.43. The highest BCUT2D eigenvalue weighted by atomic mass is 32.1. The maximum absolute atomic E-state index is 2.59. The molecule has 0 unspecified atom stereocenters. The lowest BCUT2D eigenvalue weighted by atomic mass is 9.33. The molecule has 4 heteroatoms. The van der Waals surface area contributed by atoms with E-state index in [4.69, 9.17) is 0 Å². The zero-order chi connectivity index (χ0) is 33.9. The van der Waals surface area contributed by atoms with Crippen LogP contribution in [0.3, 0.4) is 0 Å². The average molecular weight is 677 g/mol. The first-order valence-electron chi connectivity index (χ1n) is 18.0. The smallest absolute Gasteiger partial charge is 0.252 e. The SMILES string of the molecule is c1ccc(-c2cc3c4c(c2)-n2c5ccccc5c5cccc(c52)B4c2cc4sc5ccccc5c4cc2N3c2ccccc2-c2ccccc2)cc1. The second-order valence-electron chi connectivity index (χ2n) is 14.0. The molecule has 0 radical (unpaired) electrons. The van der Waals surface area contributed by atoms with E-state index in [0.717, 1.165) is 0 Å². The molecule has 0 amide bonds. The summed E-state index contributed by atoms with van der Waals surface area (Å²) in [5, 5.41) is 5.24. The quantitative estimate of drug-likeness (QED) is 0.169. The van der Waals surface area contributed by atoms with Crippen molar-refractivity contribution in [1.29, 1.82) is 0 Å². The first kappa shape index (κ1) is 28.4. The molecule has 2 aliphatic heterocycles. The van der Waals surface area contributed by atoms with Crippen LogP contribution in [0.2, 0.25) is 0 Å². The standard InChI is InChI=1S/C48H29BN2S/c1-3-14-30(15-4-1)32-26-43-47-44(27-32)51-41-24-11-8-19-34(41)36-21-13-22-38(48(36)51)49(47)39-29-46-37(35-20-9-12-25-45(35)52-46)28-42(39)50(43)40-23-10-7-18-33(40)31-16-5-2-6-17-31/h1-29H. The molecule has 0 N–H and O–H groups in total. The van der Waals surface area contributed by atoms with Crippen LogP contribution in [-0.4, -0.2) is 11.3 Å². The maximum atomic E-state index is 2.59. The Morgan fingerprint density at radius 2 is 1.10 bits per heavy atom. The van der Waals surface area contributed by atoms with Crippen LogP contribution in [-0.2, 0) is 0 Å². The predicted octanol–water partition coefficient (Wildman–Crippen LogP) is 11.1. The zero-order valence-electron chi connectivity index (χ0n) is 28.1. The summed E-state index contributed by atoms with van der Waals surface area (Å²) in [5.74, 6) is 0. The van der Waals surface area contributed by atoms with Gasteiger partial charge in [-0.3, -0.25) is 0 Å². The molecule has 2 aromatic heterocycles. The number of anilines is 3. The fraction of sp³-hybridized carbons (Fsp3) is 0. The van der Waals surface area contributed by atoms with Gasteiger partial charge in [-0.2, -0.15) is 0 Å². The van der Waals surface area contributed by atoms with Crippen molar-refractivity contribution in [3.8, 4) is 27.9 Å². The van der Waals surface area contributed by atoms with Crippen molar-refractivity contribution in [1.82, 2.24) is 4.57 Å². The molecule has 0 fully saturated rings. The van der Waals surface area contributed by atoms with Crippen LogP contribution in [0.15, 0.2) is 176 Å². The number of para-hydroxylation sites is 3. The third-order valence-corrected chi connectivity index (χ3v) is 12.5. The second kappa shape index (κ2) is 10.6. The zero-order valence-corrected chi connectivity index (χ0v) is 28.9. The molecule has 0 bridgehead atoms. The Balaban J connectivity index is 1.28. The van der Waals surface area contributed by atoms with E-state index in [1.807, 2.05) is 11.3 Å². The first-order valence-corrected chi connectivity index (χ1v) is 18.8. The topological polar surface area (TPSA) is 8.17 Å². The Morgan fingerprint density at radius 3 is 1.96 bits per heavy atom. The van der Waals surface area contributed by atoms with Crippen molar-refractivity contribution < 1.29 is 0 Å². The van der Waals surface area contributed by atoms with E-state index in [1.54, 1.807) is 0 Å². The Labute approximate surface area is 305 Å². The molecule has 2 aliphatic rings. The van der Waals surface area contributed by atoms with Crippen molar-refractivity contribution >= 4 is 93.5 Å². The van der Waals surface area contributed by atoms with E-state index in [0.29, 0.717) is 0 Å². The Kier molecular flexibility index (Phi) is 5.77. The van der Waals surface area contributed by atoms with Gasteiger partial charge >= 0.3 is 0 Å². The number of hydrogen-bond acceptors (Lipinski definition) is 2. The van der Waals surface area contributed by atoms with Gasteiger partial charge in [0, 0.05) is 59.1 Å². The molecular formula is C48H29BN2S. The fourth-order valence-electron chi connectivity index (χ4n) is 9.21. The average Bonchev–Trinajstić information content (AvgIpc) is 3.75. The van der Waals surface area contributed by atoms with Crippen molar-refractivity contribution in [3.63, 3.8) is 0 Å². The number of nitrogens with zero attached hydrogens (tertiary/aromatic N) is 2. The number of fused-ring (bicyclic) bond motifs is 10. The number of thiophene rings is 1. The molecule has 240 valence electrons. The Hall–Kier alpha value is -6.36. The van der Waals surface area contributed by atoms with Gasteiger partial charge in [0.05, 0.1) is 11.2 Å². The molecular weight excluding hydrogens is 647 g/mol. The van der Waals surface area contributed by atoms with Gasteiger partial charge < -0.3 is 9.47 Å². The molecule has 8 aromatic carbocycles. The van der Waals surface area contributed by atoms with Crippen molar-refractivity contribution in [2.75, 3.05) is 4.90 Å². The van der Waals surface area contributed by atoms with E-state index < -0.39 is 0 Å². The minimum absolute atomic E-state index is 0.0695. The summed E-state index contributed by atoms with van der Waals surface area (Å²) in [4.78, 5) is 2.59. The normalized spacial score (nSPS) is 12.9. The number of hydrogen-bond donors (Lipinski definition) is 0. The Bertz CT molecular complexity index is 3090. The molecule has 0 spiro atoms. The molecule has 0 atom stereocenters. The summed E-state index contributed by atoms with van der Waals surface area (Å²) in [5.41, 5.74) is 16.4. The van der Waals surface area contributed by atoms with Gasteiger partial charge in [0.15, 0.2) is 0 Å². The van der Waals surface area contributed by atoms with Crippen molar-refractivity contribution in [2.24, 2.45) is 0 Å². The summed E-state index contributed by atoms with van der Waals surface area (Å²) in [6.07, 6.45) is 0. The lowest BCUT2D eigenvalue weighted by Crippen LogP contribution is -2.60. The minimum atomic E-state index is 0.0695. The van der Waals surface area contributed by atoms with Crippen LogP contribution in [0, 0.1) is 0 Å². The number of rotatable bonds is 3. The third-order valence-electron chi connectivity index (χ3n) is 11.4. The van der Waals surface area contributed by atoms with Crippen LogP contribution in [0.4, 0.5) is 17.1 Å². The molecule has 12 rings (SSSR count). The maximum Gasteiger partial charge on any atom is 0.252 e. The predicted molar refractivity (Wildman–Crippen MR) is 224 cm³/mol. The molecule has 0 saturated carbocycles. The second-order valence-corrected chi connectivity index (χ2v) is 15.1. The lowest BCUT2D eigenvalue weighted by molar-refractivity contribution is 1.18. The van der Waals surface area contributed by atoms with Crippen LogP contribution in [0.25, 0.3) is 69.9 Å². The number of aromatic nitrogens is 1. The fourth-order valence-corrected chi connectivity index (χ4v) is 10.3. The van der Waals surface area contributed by atoms with Gasteiger partial charge in [0.1, 0.15) is 0 Å². The van der Waals surface area contributed by atoms with Gasteiger partial charge in [0.25, 0.3) is 6.71 Å². The van der Waals surface area contributed by atoms with Gasteiger partial charge in [0.2, 0.25) is 0 Å². The monoisotopic (exact) mass is 676 g/mol. The van der Waals surface area contributed by atoms with E-state index in [9.17, 15) is 0 Å². The molecule has 2 nitrogen and oxygen atoms in total. The molecule has 52 heavy (non-hydrogen) atoms. The summed E-state index contributed by atoms with van der Waals surface area (Å²) in [7, 11) is 0. The third kappa shape index (κ3) is 3.79. The molecule has 0 aliphatic carbocycles. The first-order chi connectivity index (χ1) is 25.8. The number of benzene rings is 8. The highest BCUT2D eigenvalue weighted by molar-refractivity contribution is 7.26. The minimum Gasteiger partial charge on any atom is -0.311 e. The van der Waals surface area contributed by atoms with Crippen LogP contribution in [0.5, 0.6) is 0 Å². The van der Waals surface area contributed by atoms with Crippen molar-refractivity contribution in [3.05, 3.63) is 176 Å². The summed E-state index contributed by atoms with van der Waals surface area (Å²) >= 11 is 1.91. The van der Waals surface area contributed by atoms with Gasteiger partial charge in [-0.05, 0) is 75.5 Å². The Morgan fingerprint density at radius 1 is 0.404 bits per heavy atom. The van der Waals surface area contributed by atoms with Gasteiger partial charge in [-0.25, -0.2) is 0 Å². The largest absolute Gasteiger partial charge is 0.311 e. The van der Waals surface area contributed by atoms with Gasteiger partial charge in [-0.1, -0.05) is 133 Å². The summed E-state index contributed by atoms with van der Waals surface area (Å²) in [6, 6.07) is 65.4. The van der Waals surface area contributed by atoms with Crippen LogP contribution >= 0.6 is 11.3 Å². The lowest BCUT2D eigenvalue weighted by Gasteiger charge is -2.41. The van der Waals surface area contributed by atoms with E-state index in [1.165, 1.54) is 103 Å². The van der Waals surface area contributed by atoms with E-state index in [-0.39, 0.29) is 6.71 Å².